The highest BCUT2D eigenvalue weighted by Gasteiger charge is 2.17. The molecule has 24 heavy (non-hydrogen) atoms. The van der Waals surface area contributed by atoms with Gasteiger partial charge in [-0.3, -0.25) is 10.1 Å². The van der Waals surface area contributed by atoms with Crippen molar-refractivity contribution < 1.29 is 19.2 Å². The molecular weight excluding hydrogens is 312 g/mol. The molecule has 0 bridgehead atoms. The molecule has 1 N–H and O–H groups in total. The molecule has 0 aliphatic heterocycles. The first-order chi connectivity index (χ1) is 11.4. The van der Waals surface area contributed by atoms with Crippen LogP contribution in [0.3, 0.4) is 0 Å². The Morgan fingerprint density at radius 1 is 1.21 bits per heavy atom. The largest absolute Gasteiger partial charge is 0.497 e. The van der Waals surface area contributed by atoms with E-state index in [-0.39, 0.29) is 11.3 Å². The normalized spacial score (nSPS) is 10.1. The minimum Gasteiger partial charge on any atom is -0.497 e. The molecule has 0 aliphatic rings. The quantitative estimate of drug-likeness (QED) is 0.496. The lowest BCUT2D eigenvalue weighted by atomic mass is 10.1. The van der Waals surface area contributed by atoms with Crippen molar-refractivity contribution in [3.63, 3.8) is 0 Å². The van der Waals surface area contributed by atoms with Gasteiger partial charge in [0.2, 0.25) is 0 Å². The summed E-state index contributed by atoms with van der Waals surface area (Å²) in [6, 6.07) is 9.90. The molecular formula is C17H18N2O5. The number of ether oxygens (including phenoxy) is 2. The molecule has 2 aromatic rings. The number of anilines is 1. The zero-order valence-corrected chi connectivity index (χ0v) is 13.7. The summed E-state index contributed by atoms with van der Waals surface area (Å²) < 4.78 is 9.80. The highest BCUT2D eigenvalue weighted by atomic mass is 16.6. The van der Waals surface area contributed by atoms with Gasteiger partial charge in [-0.15, -0.1) is 0 Å². The van der Waals surface area contributed by atoms with Gasteiger partial charge >= 0.3 is 5.97 Å². The maximum absolute atomic E-state index is 11.5. The van der Waals surface area contributed by atoms with Crippen molar-refractivity contribution in [3.05, 3.63) is 63.2 Å². The van der Waals surface area contributed by atoms with Gasteiger partial charge in [-0.2, -0.15) is 0 Å². The fraction of sp³-hybridized carbons (Fsp3) is 0.235. The predicted molar refractivity (Wildman–Crippen MR) is 89.5 cm³/mol. The second-order valence-electron chi connectivity index (χ2n) is 5.19. The van der Waals surface area contributed by atoms with Crippen LogP contribution in [-0.4, -0.2) is 25.1 Å². The maximum atomic E-state index is 11.5. The summed E-state index contributed by atoms with van der Waals surface area (Å²) in [7, 11) is 2.81. The van der Waals surface area contributed by atoms with Gasteiger partial charge in [-0.1, -0.05) is 6.07 Å². The molecule has 126 valence electrons. The number of rotatable bonds is 6. The molecule has 0 spiro atoms. The number of esters is 1. The first-order valence-corrected chi connectivity index (χ1v) is 7.19. The number of nitro benzene ring substituents is 1. The highest BCUT2D eigenvalue weighted by molar-refractivity contribution is 5.91. The first-order valence-electron chi connectivity index (χ1n) is 7.19. The van der Waals surface area contributed by atoms with Gasteiger partial charge in [0.1, 0.15) is 11.4 Å². The van der Waals surface area contributed by atoms with Crippen LogP contribution >= 0.6 is 0 Å². The number of hydrogen-bond donors (Lipinski definition) is 1. The van der Waals surface area contributed by atoms with E-state index in [0.717, 1.165) is 16.9 Å². The summed E-state index contributed by atoms with van der Waals surface area (Å²) in [6.45, 7) is 2.33. The van der Waals surface area contributed by atoms with E-state index in [1.165, 1.54) is 25.3 Å². The maximum Gasteiger partial charge on any atom is 0.338 e. The molecule has 0 aromatic heterocycles. The highest BCUT2D eigenvalue weighted by Crippen LogP contribution is 2.27. The molecule has 0 saturated heterocycles. The molecule has 7 nitrogen and oxygen atoms in total. The minimum absolute atomic E-state index is 0.131. The average molecular weight is 330 g/mol. The standard InChI is InChI=1S/C17H18N2O5/c1-11-6-12(8-14(7-11)23-2)10-18-15-5-4-13(17(20)24-3)9-16(15)19(21)22/h4-9,18H,10H2,1-3H3. The number of benzene rings is 2. The van der Waals surface area contributed by atoms with E-state index in [4.69, 9.17) is 4.74 Å². The average Bonchev–Trinajstić information content (AvgIpc) is 2.58. The van der Waals surface area contributed by atoms with Crippen molar-refractivity contribution in [1.29, 1.82) is 0 Å². The Kier molecular flexibility index (Phi) is 5.36. The molecule has 0 amide bonds. The minimum atomic E-state index is -0.618. The number of carbonyl (C=O) groups excluding carboxylic acids is 1. The lowest BCUT2D eigenvalue weighted by Gasteiger charge is -2.10. The Morgan fingerprint density at radius 3 is 2.58 bits per heavy atom. The molecule has 0 unspecified atom stereocenters. The number of nitro groups is 1. The smallest absolute Gasteiger partial charge is 0.338 e. The van der Waals surface area contributed by atoms with E-state index in [1.807, 2.05) is 25.1 Å². The summed E-state index contributed by atoms with van der Waals surface area (Å²) >= 11 is 0. The summed E-state index contributed by atoms with van der Waals surface area (Å²) in [5.41, 5.74) is 2.23. The Balaban J connectivity index is 2.24. The zero-order chi connectivity index (χ0) is 17.7. The fourth-order valence-corrected chi connectivity index (χ4v) is 2.32. The molecule has 0 atom stereocenters. The van der Waals surface area contributed by atoms with E-state index < -0.39 is 10.9 Å². The van der Waals surface area contributed by atoms with Crippen molar-refractivity contribution in [2.75, 3.05) is 19.5 Å². The van der Waals surface area contributed by atoms with Gasteiger partial charge in [-0.25, -0.2) is 4.79 Å². The topological polar surface area (TPSA) is 90.7 Å². The van der Waals surface area contributed by atoms with Crippen molar-refractivity contribution in [3.8, 4) is 5.75 Å². The fourth-order valence-electron chi connectivity index (χ4n) is 2.32. The molecule has 2 aromatic carbocycles. The summed E-state index contributed by atoms with van der Waals surface area (Å²) in [4.78, 5) is 22.2. The van der Waals surface area contributed by atoms with E-state index in [1.54, 1.807) is 7.11 Å². The number of hydrogen-bond acceptors (Lipinski definition) is 6. The molecule has 0 heterocycles. The van der Waals surface area contributed by atoms with Crippen LogP contribution in [0.4, 0.5) is 11.4 Å². The number of carbonyl (C=O) groups is 1. The second-order valence-corrected chi connectivity index (χ2v) is 5.19. The summed E-state index contributed by atoms with van der Waals surface area (Å²) in [5.74, 6) is 0.107. The third-order valence-corrected chi connectivity index (χ3v) is 3.44. The molecule has 0 radical (unpaired) electrons. The van der Waals surface area contributed by atoms with Crippen molar-refractivity contribution in [2.24, 2.45) is 0 Å². The van der Waals surface area contributed by atoms with Crippen LogP contribution < -0.4 is 10.1 Å². The third kappa shape index (κ3) is 4.01. The molecule has 0 aliphatic carbocycles. The van der Waals surface area contributed by atoms with Crippen molar-refractivity contribution >= 4 is 17.3 Å². The molecule has 0 fully saturated rings. The van der Waals surface area contributed by atoms with Crippen molar-refractivity contribution in [1.82, 2.24) is 0 Å². The van der Waals surface area contributed by atoms with E-state index in [0.29, 0.717) is 12.2 Å². The van der Waals surface area contributed by atoms with Gasteiger partial charge in [0.15, 0.2) is 0 Å². The summed E-state index contributed by atoms with van der Waals surface area (Å²) in [6.07, 6.45) is 0. The summed E-state index contributed by atoms with van der Waals surface area (Å²) in [5, 5.41) is 14.3. The van der Waals surface area contributed by atoms with Gasteiger partial charge < -0.3 is 14.8 Å². The Hall–Kier alpha value is -3.09. The Bertz CT molecular complexity index is 774. The van der Waals surface area contributed by atoms with E-state index in [2.05, 4.69) is 10.1 Å². The van der Waals surface area contributed by atoms with Crippen LogP contribution in [-0.2, 0) is 11.3 Å². The number of nitrogens with one attached hydrogen (secondary N) is 1. The number of aryl methyl sites for hydroxylation is 1. The van der Waals surface area contributed by atoms with Crippen LogP contribution in [0.2, 0.25) is 0 Å². The van der Waals surface area contributed by atoms with Crippen LogP contribution in [0.5, 0.6) is 5.75 Å². The monoisotopic (exact) mass is 330 g/mol. The number of methoxy groups -OCH3 is 2. The Labute approximate surface area is 139 Å². The Morgan fingerprint density at radius 2 is 1.96 bits per heavy atom. The lowest BCUT2D eigenvalue weighted by molar-refractivity contribution is -0.384. The zero-order valence-electron chi connectivity index (χ0n) is 13.7. The van der Waals surface area contributed by atoms with Gasteiger partial charge in [0.05, 0.1) is 24.7 Å². The molecule has 7 heteroatoms. The van der Waals surface area contributed by atoms with Crippen molar-refractivity contribution in [2.45, 2.75) is 13.5 Å². The number of nitrogens with zero attached hydrogens (tertiary/aromatic N) is 1. The molecule has 2 rings (SSSR count). The SMILES string of the molecule is COC(=O)c1ccc(NCc2cc(C)cc(OC)c2)c([N+](=O)[O-])c1. The first kappa shape index (κ1) is 17.3. The second kappa shape index (κ2) is 7.45. The van der Waals surface area contributed by atoms with Gasteiger partial charge in [0, 0.05) is 12.6 Å². The van der Waals surface area contributed by atoms with Crippen LogP contribution in [0.15, 0.2) is 36.4 Å². The predicted octanol–water partition coefficient (Wildman–Crippen LogP) is 3.31. The van der Waals surface area contributed by atoms with Crippen LogP contribution in [0.25, 0.3) is 0 Å². The van der Waals surface area contributed by atoms with Gasteiger partial charge in [-0.05, 0) is 42.3 Å². The van der Waals surface area contributed by atoms with Crippen LogP contribution in [0, 0.1) is 17.0 Å². The van der Waals surface area contributed by atoms with E-state index in [9.17, 15) is 14.9 Å². The van der Waals surface area contributed by atoms with Crippen LogP contribution in [0.1, 0.15) is 21.5 Å². The molecule has 0 saturated carbocycles. The van der Waals surface area contributed by atoms with E-state index >= 15 is 0 Å². The van der Waals surface area contributed by atoms with Gasteiger partial charge in [0.25, 0.3) is 5.69 Å². The lowest BCUT2D eigenvalue weighted by Crippen LogP contribution is -2.06. The third-order valence-electron chi connectivity index (χ3n) is 3.44.